The van der Waals surface area contributed by atoms with E-state index in [1.165, 1.54) is 0 Å². The number of H-pyrrole nitrogens is 1. The molecule has 0 bridgehead atoms. The van der Waals surface area contributed by atoms with Crippen molar-refractivity contribution < 1.29 is 19.2 Å². The zero-order valence-corrected chi connectivity index (χ0v) is 14.5. The van der Waals surface area contributed by atoms with E-state index in [2.05, 4.69) is 20.0 Å². The molecule has 0 atom stereocenters. The van der Waals surface area contributed by atoms with Gasteiger partial charge in [0.15, 0.2) is 5.82 Å². The minimum atomic E-state index is -1.02. The summed E-state index contributed by atoms with van der Waals surface area (Å²) in [5.74, 6) is -0.0106. The average Bonchev–Trinajstić information content (AvgIpc) is 3.10. The molecular formula is C16H21N5O4. The van der Waals surface area contributed by atoms with Crippen LogP contribution in [0.1, 0.15) is 43.8 Å². The van der Waals surface area contributed by atoms with E-state index in [1.54, 1.807) is 25.7 Å². The Hall–Kier alpha value is -2.68. The summed E-state index contributed by atoms with van der Waals surface area (Å²) in [6, 6.07) is 0. The largest absolute Gasteiger partial charge is 0.478 e. The van der Waals surface area contributed by atoms with Crippen LogP contribution in [-0.4, -0.2) is 68.1 Å². The first-order chi connectivity index (χ1) is 11.9. The Morgan fingerprint density at radius 3 is 2.40 bits per heavy atom. The third-order valence-electron chi connectivity index (χ3n) is 4.46. The zero-order chi connectivity index (χ0) is 18.1. The van der Waals surface area contributed by atoms with Gasteiger partial charge in [-0.15, -0.1) is 0 Å². The Bertz CT molecular complexity index is 802. The third kappa shape index (κ3) is 3.41. The summed E-state index contributed by atoms with van der Waals surface area (Å²) in [5, 5.41) is 13.1. The first kappa shape index (κ1) is 17.2. The molecule has 0 saturated carbocycles. The molecule has 3 heterocycles. The highest BCUT2D eigenvalue weighted by atomic mass is 16.5. The summed E-state index contributed by atoms with van der Waals surface area (Å²) in [6.07, 6.45) is 0. The Morgan fingerprint density at radius 2 is 1.88 bits per heavy atom. The van der Waals surface area contributed by atoms with Gasteiger partial charge in [0, 0.05) is 38.8 Å². The number of aryl methyl sites for hydroxylation is 2. The van der Waals surface area contributed by atoms with Gasteiger partial charge in [-0.05, 0) is 19.4 Å². The molecule has 0 radical (unpaired) electrons. The molecule has 9 nitrogen and oxygen atoms in total. The van der Waals surface area contributed by atoms with Gasteiger partial charge in [0.2, 0.25) is 5.89 Å². The number of hydrogen-bond acceptors (Lipinski definition) is 6. The van der Waals surface area contributed by atoms with Crippen LogP contribution in [-0.2, 0) is 6.54 Å². The number of carbonyl (C=O) groups excluding carboxylic acids is 1. The molecule has 1 aliphatic heterocycles. The molecule has 25 heavy (non-hydrogen) atoms. The minimum Gasteiger partial charge on any atom is -0.478 e. The number of nitrogens with zero attached hydrogens (tertiary/aromatic N) is 4. The fourth-order valence-electron chi connectivity index (χ4n) is 3.16. The van der Waals surface area contributed by atoms with E-state index in [4.69, 9.17) is 4.52 Å². The second kappa shape index (κ2) is 6.67. The smallest absolute Gasteiger partial charge is 0.337 e. The number of carbonyl (C=O) groups is 2. The summed E-state index contributed by atoms with van der Waals surface area (Å²) in [5.41, 5.74) is 1.52. The lowest BCUT2D eigenvalue weighted by atomic mass is 10.1. The number of nitrogens with one attached hydrogen (secondary N) is 1. The van der Waals surface area contributed by atoms with Crippen LogP contribution in [0.5, 0.6) is 0 Å². The van der Waals surface area contributed by atoms with Crippen molar-refractivity contribution in [1.29, 1.82) is 0 Å². The highest BCUT2D eigenvalue weighted by molar-refractivity contribution is 6.00. The summed E-state index contributed by atoms with van der Waals surface area (Å²) in [4.78, 5) is 35.0. The Labute approximate surface area is 144 Å². The van der Waals surface area contributed by atoms with Crippen molar-refractivity contribution in [3.05, 3.63) is 34.2 Å². The van der Waals surface area contributed by atoms with Gasteiger partial charge in [0.25, 0.3) is 5.91 Å². The number of aromatic carboxylic acids is 1. The fraction of sp³-hybridized carbons (Fsp3) is 0.500. The molecule has 134 valence electrons. The summed E-state index contributed by atoms with van der Waals surface area (Å²) in [6.45, 7) is 8.19. The first-order valence-corrected chi connectivity index (χ1v) is 8.10. The molecule has 0 spiro atoms. The zero-order valence-electron chi connectivity index (χ0n) is 14.5. The second-order valence-corrected chi connectivity index (χ2v) is 6.23. The van der Waals surface area contributed by atoms with Gasteiger partial charge in [0.05, 0.1) is 12.1 Å². The molecule has 1 amide bonds. The molecule has 3 rings (SSSR count). The molecule has 0 aliphatic carbocycles. The van der Waals surface area contributed by atoms with Crippen molar-refractivity contribution in [3.63, 3.8) is 0 Å². The highest BCUT2D eigenvalue weighted by Crippen LogP contribution is 2.20. The molecule has 0 unspecified atom stereocenters. The van der Waals surface area contributed by atoms with Crippen LogP contribution in [0.15, 0.2) is 4.52 Å². The van der Waals surface area contributed by atoms with E-state index < -0.39 is 5.97 Å². The number of piperazine rings is 1. The van der Waals surface area contributed by atoms with Crippen molar-refractivity contribution in [2.45, 2.75) is 27.3 Å². The van der Waals surface area contributed by atoms with Crippen molar-refractivity contribution in [1.82, 2.24) is 24.9 Å². The number of aromatic amines is 1. The van der Waals surface area contributed by atoms with E-state index in [0.29, 0.717) is 61.4 Å². The van der Waals surface area contributed by atoms with Crippen molar-refractivity contribution >= 4 is 11.9 Å². The van der Waals surface area contributed by atoms with Crippen LogP contribution >= 0.6 is 0 Å². The quantitative estimate of drug-likeness (QED) is 0.847. The van der Waals surface area contributed by atoms with Crippen LogP contribution in [0.2, 0.25) is 0 Å². The summed E-state index contributed by atoms with van der Waals surface area (Å²) < 4.78 is 4.96. The lowest BCUT2D eigenvalue weighted by Gasteiger charge is -2.34. The SMILES string of the molecule is Cc1nc(CN2CCN(C(=O)c3[nH]c(C)c(C(=O)O)c3C)CC2)no1. The molecule has 1 saturated heterocycles. The predicted molar refractivity (Wildman–Crippen MR) is 87.4 cm³/mol. The number of carboxylic acid groups (broad SMARTS) is 1. The van der Waals surface area contributed by atoms with Gasteiger partial charge >= 0.3 is 5.97 Å². The van der Waals surface area contributed by atoms with Gasteiger partial charge in [-0.1, -0.05) is 5.16 Å². The van der Waals surface area contributed by atoms with E-state index >= 15 is 0 Å². The highest BCUT2D eigenvalue weighted by Gasteiger charge is 2.27. The Balaban J connectivity index is 1.64. The lowest BCUT2D eigenvalue weighted by molar-refractivity contribution is 0.0618. The average molecular weight is 347 g/mol. The lowest BCUT2D eigenvalue weighted by Crippen LogP contribution is -2.48. The summed E-state index contributed by atoms with van der Waals surface area (Å²) >= 11 is 0. The van der Waals surface area contributed by atoms with Gasteiger partial charge in [0.1, 0.15) is 5.69 Å². The predicted octanol–water partition coefficient (Wildman–Crippen LogP) is 0.979. The second-order valence-electron chi connectivity index (χ2n) is 6.23. The third-order valence-corrected chi connectivity index (χ3v) is 4.46. The molecule has 1 aliphatic rings. The van der Waals surface area contributed by atoms with E-state index in [0.717, 1.165) is 0 Å². The van der Waals surface area contributed by atoms with E-state index in [9.17, 15) is 14.7 Å². The van der Waals surface area contributed by atoms with Gasteiger partial charge < -0.3 is 19.5 Å². The van der Waals surface area contributed by atoms with Crippen molar-refractivity contribution in [3.8, 4) is 0 Å². The molecule has 2 aromatic heterocycles. The fourth-order valence-corrected chi connectivity index (χ4v) is 3.16. The Morgan fingerprint density at radius 1 is 1.20 bits per heavy atom. The maximum absolute atomic E-state index is 12.7. The van der Waals surface area contributed by atoms with Gasteiger partial charge in [-0.3, -0.25) is 9.69 Å². The summed E-state index contributed by atoms with van der Waals surface area (Å²) in [7, 11) is 0. The van der Waals surface area contributed by atoms with Gasteiger partial charge in [-0.25, -0.2) is 4.79 Å². The van der Waals surface area contributed by atoms with E-state index in [-0.39, 0.29) is 11.5 Å². The normalized spacial score (nSPS) is 15.6. The number of rotatable bonds is 4. The number of hydrogen-bond donors (Lipinski definition) is 2. The number of carboxylic acids is 1. The van der Waals surface area contributed by atoms with Crippen LogP contribution in [0.3, 0.4) is 0 Å². The Kier molecular flexibility index (Phi) is 4.58. The molecule has 0 aromatic carbocycles. The maximum Gasteiger partial charge on any atom is 0.337 e. The van der Waals surface area contributed by atoms with E-state index in [1.807, 2.05) is 0 Å². The van der Waals surface area contributed by atoms with Gasteiger partial charge in [-0.2, -0.15) is 4.98 Å². The number of aromatic nitrogens is 3. The van der Waals surface area contributed by atoms with Crippen molar-refractivity contribution in [2.75, 3.05) is 26.2 Å². The molecule has 2 aromatic rings. The molecular weight excluding hydrogens is 326 g/mol. The standard InChI is InChI=1S/C16H21N5O4/c1-9-13(16(23)24)10(2)17-14(9)15(22)21-6-4-20(5-7-21)8-12-18-11(3)25-19-12/h17H,4-8H2,1-3H3,(H,23,24). The monoisotopic (exact) mass is 347 g/mol. The van der Waals surface area contributed by atoms with Crippen LogP contribution < -0.4 is 0 Å². The first-order valence-electron chi connectivity index (χ1n) is 8.10. The molecule has 9 heteroatoms. The maximum atomic E-state index is 12.7. The van der Waals surface area contributed by atoms with Crippen LogP contribution in [0, 0.1) is 20.8 Å². The topological polar surface area (TPSA) is 116 Å². The van der Waals surface area contributed by atoms with Crippen molar-refractivity contribution in [2.24, 2.45) is 0 Å². The van der Waals surface area contributed by atoms with Crippen LogP contribution in [0.25, 0.3) is 0 Å². The minimum absolute atomic E-state index is 0.164. The molecule has 1 fully saturated rings. The van der Waals surface area contributed by atoms with Crippen LogP contribution in [0.4, 0.5) is 0 Å². The molecule has 2 N–H and O–H groups in total. The number of amides is 1.